The molecule has 2 fully saturated rings. The molecule has 3 heterocycles. The van der Waals surface area contributed by atoms with Gasteiger partial charge in [0.2, 0.25) is 11.6 Å². The summed E-state index contributed by atoms with van der Waals surface area (Å²) in [5, 5.41) is 0. The normalized spacial score (nSPS) is 20.0. The first-order valence-electron chi connectivity index (χ1n) is 8.06. The third-order valence-electron chi connectivity index (χ3n) is 4.72. The molecule has 0 N–H and O–H groups in total. The predicted molar refractivity (Wildman–Crippen MR) is 82.6 cm³/mol. The molecule has 2 aliphatic rings. The van der Waals surface area contributed by atoms with E-state index in [1.165, 1.54) is 12.8 Å². The Hall–Kier alpha value is -2.11. The molecule has 0 spiro atoms. The molecule has 1 saturated carbocycles. The first-order chi connectivity index (χ1) is 10.8. The van der Waals surface area contributed by atoms with Crippen LogP contribution in [0.15, 0.2) is 22.7 Å². The molecule has 1 saturated heterocycles. The second-order valence-corrected chi connectivity index (χ2v) is 6.12. The molecule has 2 aromatic heterocycles. The summed E-state index contributed by atoms with van der Waals surface area (Å²) in [7, 11) is 0. The Morgan fingerprint density at radius 3 is 2.68 bits per heavy atom. The number of pyridine rings is 1. The molecule has 1 aliphatic heterocycles. The molecule has 0 unspecified atom stereocenters. The van der Waals surface area contributed by atoms with Crippen LogP contribution in [0.1, 0.15) is 25.7 Å². The van der Waals surface area contributed by atoms with E-state index in [9.17, 15) is 4.79 Å². The first-order valence-corrected chi connectivity index (χ1v) is 8.06. The summed E-state index contributed by atoms with van der Waals surface area (Å²) in [6, 6.07) is 4.33. The highest BCUT2D eigenvalue weighted by atomic mass is 16.4. The number of rotatable bonds is 2. The summed E-state index contributed by atoms with van der Waals surface area (Å²) in [6.07, 6.45) is 6.25. The lowest BCUT2D eigenvalue weighted by atomic mass is 10.1. The summed E-state index contributed by atoms with van der Waals surface area (Å²) < 4.78 is 5.75. The van der Waals surface area contributed by atoms with Crippen molar-refractivity contribution in [2.24, 2.45) is 5.92 Å². The number of carbonyl (C=O) groups is 1. The highest BCUT2D eigenvalue weighted by molar-refractivity contribution is 5.79. The van der Waals surface area contributed by atoms with Crippen LogP contribution < -0.4 is 4.90 Å². The van der Waals surface area contributed by atoms with Crippen LogP contribution in [-0.4, -0.2) is 47.0 Å². The van der Waals surface area contributed by atoms with Crippen molar-refractivity contribution in [3.05, 3.63) is 18.3 Å². The van der Waals surface area contributed by atoms with Gasteiger partial charge < -0.3 is 14.2 Å². The maximum Gasteiger partial charge on any atom is 0.300 e. The summed E-state index contributed by atoms with van der Waals surface area (Å²) in [5.41, 5.74) is 1.35. The van der Waals surface area contributed by atoms with Crippen LogP contribution in [0, 0.1) is 5.92 Å². The summed E-state index contributed by atoms with van der Waals surface area (Å²) in [6.45, 7) is 3.04. The van der Waals surface area contributed by atoms with Crippen LogP contribution >= 0.6 is 0 Å². The van der Waals surface area contributed by atoms with Crippen LogP contribution in [0.3, 0.4) is 0 Å². The van der Waals surface area contributed by atoms with Gasteiger partial charge in [-0.25, -0.2) is 4.98 Å². The van der Waals surface area contributed by atoms with Gasteiger partial charge in [0, 0.05) is 38.3 Å². The number of nitrogens with zero attached hydrogens (tertiary/aromatic N) is 4. The van der Waals surface area contributed by atoms with Crippen LogP contribution in [0.5, 0.6) is 0 Å². The van der Waals surface area contributed by atoms with Crippen molar-refractivity contribution < 1.29 is 9.21 Å². The molecule has 1 aliphatic carbocycles. The lowest BCUT2D eigenvalue weighted by Crippen LogP contribution is -2.50. The van der Waals surface area contributed by atoms with E-state index in [0.29, 0.717) is 23.2 Å². The lowest BCUT2D eigenvalue weighted by molar-refractivity contribution is -0.135. The predicted octanol–water partition coefficient (Wildman–Crippen LogP) is 2.06. The number of oxazole rings is 1. The van der Waals surface area contributed by atoms with Gasteiger partial charge in [-0.3, -0.25) is 4.79 Å². The van der Waals surface area contributed by atoms with Crippen molar-refractivity contribution in [1.82, 2.24) is 14.9 Å². The SMILES string of the molecule is O=C(C1CCCC1)N1CCN(c2nc3ncccc3o2)CC1. The van der Waals surface area contributed by atoms with Crippen molar-refractivity contribution in [3.8, 4) is 0 Å². The van der Waals surface area contributed by atoms with E-state index < -0.39 is 0 Å². The average molecular weight is 300 g/mol. The molecular weight excluding hydrogens is 280 g/mol. The molecular formula is C16H20N4O2. The Balaban J connectivity index is 1.41. The fraction of sp³-hybridized carbons (Fsp3) is 0.562. The average Bonchev–Trinajstić information content (AvgIpc) is 3.23. The number of piperazine rings is 1. The third kappa shape index (κ3) is 2.42. The molecule has 2 aromatic rings. The van der Waals surface area contributed by atoms with Gasteiger partial charge in [0.05, 0.1) is 0 Å². The van der Waals surface area contributed by atoms with Gasteiger partial charge in [0.15, 0.2) is 5.58 Å². The molecule has 6 heteroatoms. The van der Waals surface area contributed by atoms with E-state index in [1.54, 1.807) is 6.20 Å². The molecule has 22 heavy (non-hydrogen) atoms. The highest BCUT2D eigenvalue weighted by Gasteiger charge is 2.30. The maximum atomic E-state index is 12.4. The Kier molecular flexibility index (Phi) is 3.44. The molecule has 0 radical (unpaired) electrons. The standard InChI is InChI=1S/C16H20N4O2/c21-15(12-4-1-2-5-12)19-8-10-20(11-9-19)16-18-14-13(22-16)6-3-7-17-14/h3,6-7,12H,1-2,4-5,8-11H2. The van der Waals surface area contributed by atoms with E-state index >= 15 is 0 Å². The first kappa shape index (κ1) is 13.5. The zero-order valence-electron chi connectivity index (χ0n) is 12.6. The second-order valence-electron chi connectivity index (χ2n) is 6.12. The van der Waals surface area contributed by atoms with E-state index in [2.05, 4.69) is 14.9 Å². The van der Waals surface area contributed by atoms with Crippen molar-refractivity contribution in [2.45, 2.75) is 25.7 Å². The fourth-order valence-electron chi connectivity index (χ4n) is 3.44. The van der Waals surface area contributed by atoms with Gasteiger partial charge in [-0.2, -0.15) is 4.98 Å². The summed E-state index contributed by atoms with van der Waals surface area (Å²) >= 11 is 0. The minimum absolute atomic E-state index is 0.264. The molecule has 1 amide bonds. The van der Waals surface area contributed by atoms with Crippen LogP contribution in [0.4, 0.5) is 6.01 Å². The maximum absolute atomic E-state index is 12.4. The van der Waals surface area contributed by atoms with Gasteiger partial charge in [-0.05, 0) is 25.0 Å². The van der Waals surface area contributed by atoms with Crippen molar-refractivity contribution >= 4 is 23.2 Å². The van der Waals surface area contributed by atoms with Crippen molar-refractivity contribution in [2.75, 3.05) is 31.1 Å². The van der Waals surface area contributed by atoms with E-state index in [0.717, 1.165) is 39.0 Å². The number of hydrogen-bond acceptors (Lipinski definition) is 5. The highest BCUT2D eigenvalue weighted by Crippen LogP contribution is 2.27. The topological polar surface area (TPSA) is 62.5 Å². The van der Waals surface area contributed by atoms with Gasteiger partial charge in [0.25, 0.3) is 6.01 Å². The van der Waals surface area contributed by atoms with E-state index in [-0.39, 0.29) is 5.92 Å². The number of aromatic nitrogens is 2. The number of amides is 1. The lowest BCUT2D eigenvalue weighted by Gasteiger charge is -2.35. The molecule has 0 aromatic carbocycles. The molecule has 116 valence electrons. The van der Waals surface area contributed by atoms with E-state index in [4.69, 9.17) is 4.42 Å². The Morgan fingerprint density at radius 1 is 1.18 bits per heavy atom. The number of carbonyl (C=O) groups excluding carboxylic acids is 1. The van der Waals surface area contributed by atoms with Crippen LogP contribution in [-0.2, 0) is 4.79 Å². The zero-order valence-corrected chi connectivity index (χ0v) is 12.6. The zero-order chi connectivity index (χ0) is 14.9. The number of fused-ring (bicyclic) bond motifs is 1. The van der Waals surface area contributed by atoms with E-state index in [1.807, 2.05) is 17.0 Å². The van der Waals surface area contributed by atoms with Gasteiger partial charge in [-0.15, -0.1) is 0 Å². The van der Waals surface area contributed by atoms with Gasteiger partial charge >= 0.3 is 0 Å². The van der Waals surface area contributed by atoms with Gasteiger partial charge in [-0.1, -0.05) is 12.8 Å². The monoisotopic (exact) mass is 300 g/mol. The minimum atomic E-state index is 0.264. The molecule has 4 rings (SSSR count). The summed E-state index contributed by atoms with van der Waals surface area (Å²) in [5.74, 6) is 0.608. The second kappa shape index (κ2) is 5.59. The molecule has 0 bridgehead atoms. The Bertz CT molecular complexity index is 637. The minimum Gasteiger partial charge on any atom is -0.422 e. The number of hydrogen-bond donors (Lipinski definition) is 0. The largest absolute Gasteiger partial charge is 0.422 e. The Morgan fingerprint density at radius 2 is 1.95 bits per heavy atom. The molecule has 0 atom stereocenters. The van der Waals surface area contributed by atoms with Crippen LogP contribution in [0.25, 0.3) is 11.2 Å². The third-order valence-corrected chi connectivity index (χ3v) is 4.72. The summed E-state index contributed by atoms with van der Waals surface area (Å²) in [4.78, 5) is 25.2. The Labute approximate surface area is 129 Å². The molecule has 6 nitrogen and oxygen atoms in total. The quantitative estimate of drug-likeness (QED) is 0.849. The van der Waals surface area contributed by atoms with Crippen molar-refractivity contribution in [3.63, 3.8) is 0 Å². The van der Waals surface area contributed by atoms with Crippen molar-refractivity contribution in [1.29, 1.82) is 0 Å². The number of anilines is 1. The van der Waals surface area contributed by atoms with Crippen LogP contribution in [0.2, 0.25) is 0 Å². The smallest absolute Gasteiger partial charge is 0.300 e. The van der Waals surface area contributed by atoms with Gasteiger partial charge in [0.1, 0.15) is 0 Å². The fourth-order valence-corrected chi connectivity index (χ4v) is 3.44.